The van der Waals surface area contributed by atoms with E-state index in [1.165, 1.54) is 53.5 Å². The van der Waals surface area contributed by atoms with E-state index in [9.17, 15) is 22.8 Å². The van der Waals surface area contributed by atoms with Gasteiger partial charge in [-0.1, -0.05) is 12.1 Å². The number of aryl methyl sites for hydroxylation is 1. The van der Waals surface area contributed by atoms with Gasteiger partial charge in [-0.15, -0.1) is 0 Å². The van der Waals surface area contributed by atoms with Gasteiger partial charge in [0.05, 0.1) is 12.1 Å². The summed E-state index contributed by atoms with van der Waals surface area (Å²) in [6, 6.07) is 8.70. The molecule has 0 bridgehead atoms. The van der Waals surface area contributed by atoms with Crippen LogP contribution in [0, 0.1) is 0 Å². The first-order chi connectivity index (χ1) is 13.8. The van der Waals surface area contributed by atoms with Crippen LogP contribution in [0.4, 0.5) is 18.9 Å². The summed E-state index contributed by atoms with van der Waals surface area (Å²) in [5.74, 6) is -0.930. The molecule has 7 nitrogen and oxygen atoms in total. The summed E-state index contributed by atoms with van der Waals surface area (Å²) in [7, 11) is 1.60. The summed E-state index contributed by atoms with van der Waals surface area (Å²) in [4.78, 5) is 27.5. The van der Waals surface area contributed by atoms with E-state index in [1.807, 2.05) is 0 Å². The van der Waals surface area contributed by atoms with Crippen LogP contribution in [-0.4, -0.2) is 33.1 Å². The Morgan fingerprint density at radius 1 is 1.07 bits per heavy atom. The number of benzene rings is 1. The number of pyridine rings is 1. The van der Waals surface area contributed by atoms with E-state index < -0.39 is 23.6 Å². The molecular weight excluding hydrogens is 387 g/mol. The van der Waals surface area contributed by atoms with Crippen molar-refractivity contribution in [3.63, 3.8) is 0 Å². The smallest absolute Gasteiger partial charge is 0.342 e. The third-order valence-electron chi connectivity index (χ3n) is 4.07. The molecule has 150 valence electrons. The van der Waals surface area contributed by atoms with Gasteiger partial charge in [0.25, 0.3) is 5.91 Å². The van der Waals surface area contributed by atoms with Crippen LogP contribution < -0.4 is 10.6 Å². The summed E-state index contributed by atoms with van der Waals surface area (Å²) in [5, 5.41) is 8.90. The number of carbonyl (C=O) groups is 2. The molecule has 0 spiro atoms. The summed E-state index contributed by atoms with van der Waals surface area (Å²) in [6.07, 6.45) is -1.01. The summed E-state index contributed by atoms with van der Waals surface area (Å²) in [6.45, 7) is -0.270. The first-order valence-electron chi connectivity index (χ1n) is 8.43. The molecule has 0 atom stereocenters. The average Bonchev–Trinajstić information content (AvgIpc) is 3.12. The Balaban J connectivity index is 1.63. The third kappa shape index (κ3) is 4.78. The summed E-state index contributed by atoms with van der Waals surface area (Å²) in [5.41, 5.74) is 0.182. The highest BCUT2D eigenvalue weighted by Gasteiger charge is 2.33. The van der Waals surface area contributed by atoms with Gasteiger partial charge >= 0.3 is 6.18 Å². The van der Waals surface area contributed by atoms with Crippen LogP contribution in [0.5, 0.6) is 0 Å². The van der Waals surface area contributed by atoms with Crippen LogP contribution in [0.15, 0.2) is 55.0 Å². The number of rotatable bonds is 5. The van der Waals surface area contributed by atoms with Crippen molar-refractivity contribution in [1.29, 1.82) is 0 Å². The minimum Gasteiger partial charge on any atom is -0.342 e. The van der Waals surface area contributed by atoms with Crippen molar-refractivity contribution >= 4 is 17.5 Å². The average molecular weight is 403 g/mol. The maximum absolute atomic E-state index is 13.1. The number of hydrogen-bond acceptors (Lipinski definition) is 4. The maximum atomic E-state index is 13.1. The fourth-order valence-corrected chi connectivity index (χ4v) is 2.66. The van der Waals surface area contributed by atoms with E-state index in [2.05, 4.69) is 20.7 Å². The Morgan fingerprint density at radius 3 is 2.41 bits per heavy atom. The lowest BCUT2D eigenvalue weighted by molar-refractivity contribution is -0.137. The highest BCUT2D eigenvalue weighted by Crippen LogP contribution is 2.36. The van der Waals surface area contributed by atoms with Gasteiger partial charge in [0, 0.05) is 31.3 Å². The van der Waals surface area contributed by atoms with Gasteiger partial charge in [-0.25, -0.2) is 0 Å². The van der Waals surface area contributed by atoms with Crippen LogP contribution in [0.1, 0.15) is 16.1 Å². The zero-order valence-corrected chi connectivity index (χ0v) is 15.2. The van der Waals surface area contributed by atoms with Gasteiger partial charge < -0.3 is 10.6 Å². The Kier molecular flexibility index (Phi) is 5.62. The molecule has 29 heavy (non-hydrogen) atoms. The van der Waals surface area contributed by atoms with Crippen LogP contribution in [-0.2, 0) is 18.0 Å². The molecule has 0 unspecified atom stereocenters. The number of alkyl halides is 3. The molecule has 2 N–H and O–H groups in total. The zero-order valence-electron chi connectivity index (χ0n) is 15.2. The fraction of sp³-hybridized carbons (Fsp3) is 0.158. The van der Waals surface area contributed by atoms with Crippen LogP contribution >= 0.6 is 0 Å². The number of halogens is 3. The van der Waals surface area contributed by atoms with E-state index >= 15 is 0 Å². The SMILES string of the molecule is Cn1nccc1C(=O)NCC(=O)Nc1ccc(-c2ccncc2C(F)(F)F)cc1. The van der Waals surface area contributed by atoms with E-state index in [4.69, 9.17) is 0 Å². The molecule has 2 heterocycles. The molecule has 0 fully saturated rings. The molecule has 0 aliphatic heterocycles. The highest BCUT2D eigenvalue weighted by molar-refractivity contribution is 5.98. The molecule has 0 saturated carbocycles. The lowest BCUT2D eigenvalue weighted by atomic mass is 10.0. The van der Waals surface area contributed by atoms with Gasteiger partial charge in [-0.05, 0) is 35.4 Å². The van der Waals surface area contributed by atoms with Crippen LogP contribution in [0.2, 0.25) is 0 Å². The second-order valence-corrected chi connectivity index (χ2v) is 6.07. The Morgan fingerprint density at radius 2 is 1.79 bits per heavy atom. The van der Waals surface area contributed by atoms with E-state index in [-0.39, 0.29) is 12.1 Å². The van der Waals surface area contributed by atoms with Crippen LogP contribution in [0.25, 0.3) is 11.1 Å². The van der Waals surface area contributed by atoms with Crippen molar-refractivity contribution in [2.75, 3.05) is 11.9 Å². The Hall–Kier alpha value is -3.69. The van der Waals surface area contributed by atoms with Gasteiger partial charge in [0.1, 0.15) is 5.69 Å². The zero-order chi connectivity index (χ0) is 21.0. The van der Waals surface area contributed by atoms with Gasteiger partial charge in [-0.2, -0.15) is 18.3 Å². The Labute approximate surface area is 163 Å². The number of anilines is 1. The predicted octanol–water partition coefficient (Wildman–Crippen LogP) is 2.87. The number of carbonyl (C=O) groups excluding carboxylic acids is 2. The fourth-order valence-electron chi connectivity index (χ4n) is 2.66. The van der Waals surface area contributed by atoms with Crippen molar-refractivity contribution < 1.29 is 22.8 Å². The molecular formula is C19H16F3N5O2. The van der Waals surface area contributed by atoms with E-state index in [1.54, 1.807) is 7.05 Å². The van der Waals surface area contributed by atoms with Gasteiger partial charge in [0.15, 0.2) is 0 Å². The number of hydrogen-bond donors (Lipinski definition) is 2. The second-order valence-electron chi connectivity index (χ2n) is 6.07. The molecule has 0 saturated heterocycles. The molecule has 3 rings (SSSR count). The summed E-state index contributed by atoms with van der Waals surface area (Å²) < 4.78 is 40.8. The molecule has 10 heteroatoms. The first kappa shape index (κ1) is 20.1. The molecule has 3 aromatic rings. The van der Waals surface area contributed by atoms with E-state index in [0.717, 1.165) is 6.20 Å². The number of nitrogens with zero attached hydrogens (tertiary/aromatic N) is 3. The molecule has 0 radical (unpaired) electrons. The lowest BCUT2D eigenvalue weighted by Crippen LogP contribution is -2.33. The van der Waals surface area contributed by atoms with E-state index in [0.29, 0.717) is 16.9 Å². The van der Waals surface area contributed by atoms with Crippen molar-refractivity contribution in [2.24, 2.45) is 7.05 Å². The van der Waals surface area contributed by atoms with Crippen molar-refractivity contribution in [3.8, 4) is 11.1 Å². The minimum absolute atomic E-state index is 0.00572. The van der Waals surface area contributed by atoms with Crippen LogP contribution in [0.3, 0.4) is 0 Å². The molecule has 2 amide bonds. The maximum Gasteiger partial charge on any atom is 0.418 e. The predicted molar refractivity (Wildman–Crippen MR) is 98.8 cm³/mol. The third-order valence-corrected chi connectivity index (χ3v) is 4.07. The largest absolute Gasteiger partial charge is 0.418 e. The topological polar surface area (TPSA) is 88.9 Å². The monoisotopic (exact) mass is 403 g/mol. The standard InChI is InChI=1S/C19H16F3N5O2/c1-27-16(7-9-25-27)18(29)24-11-17(28)26-13-4-2-12(3-5-13)14-6-8-23-10-15(14)19(20,21)22/h2-10H,11H2,1H3,(H,24,29)(H,26,28). The summed E-state index contributed by atoms with van der Waals surface area (Å²) >= 11 is 0. The minimum atomic E-state index is -4.53. The second kappa shape index (κ2) is 8.13. The number of amides is 2. The van der Waals surface area contributed by atoms with Crippen molar-refractivity contribution in [1.82, 2.24) is 20.1 Å². The van der Waals surface area contributed by atoms with Gasteiger partial charge in [-0.3, -0.25) is 19.3 Å². The number of nitrogens with one attached hydrogen (secondary N) is 2. The Bertz CT molecular complexity index is 1030. The van der Waals surface area contributed by atoms with Gasteiger partial charge in [0.2, 0.25) is 5.91 Å². The number of aromatic nitrogens is 3. The molecule has 2 aromatic heterocycles. The van der Waals surface area contributed by atoms with Crippen molar-refractivity contribution in [3.05, 3.63) is 66.2 Å². The van der Waals surface area contributed by atoms with Crippen molar-refractivity contribution in [2.45, 2.75) is 6.18 Å². The quantitative estimate of drug-likeness (QED) is 0.686. The lowest BCUT2D eigenvalue weighted by Gasteiger charge is -2.13. The normalized spacial score (nSPS) is 11.2. The molecule has 0 aliphatic rings. The molecule has 0 aliphatic carbocycles. The molecule has 1 aromatic carbocycles. The first-order valence-corrected chi connectivity index (χ1v) is 8.43. The highest BCUT2D eigenvalue weighted by atomic mass is 19.4.